The molecular formula is C10H10BrClO2. The Hall–Kier alpha value is -0.540. The highest BCUT2D eigenvalue weighted by atomic mass is 79.9. The Morgan fingerprint density at radius 3 is 2.79 bits per heavy atom. The smallest absolute Gasteiger partial charge is 0.152 e. The minimum atomic E-state index is -0.636. The maximum absolute atomic E-state index is 11.1. The number of aromatic hydroxyl groups is 1. The summed E-state index contributed by atoms with van der Waals surface area (Å²) < 4.78 is 0. The summed E-state index contributed by atoms with van der Waals surface area (Å²) in [6, 6.07) is 4.80. The van der Waals surface area contributed by atoms with E-state index in [0.717, 1.165) is 11.1 Å². The van der Waals surface area contributed by atoms with Crippen LogP contribution in [-0.4, -0.2) is 10.9 Å². The Morgan fingerprint density at radius 2 is 2.29 bits per heavy atom. The van der Waals surface area contributed by atoms with Gasteiger partial charge in [-0.2, -0.15) is 0 Å². The van der Waals surface area contributed by atoms with Crippen LogP contribution in [-0.2, 0) is 10.1 Å². The van der Waals surface area contributed by atoms with Crippen molar-refractivity contribution in [1.82, 2.24) is 0 Å². The van der Waals surface area contributed by atoms with Crippen LogP contribution in [0.5, 0.6) is 5.75 Å². The van der Waals surface area contributed by atoms with Crippen LogP contribution in [0.25, 0.3) is 0 Å². The molecule has 14 heavy (non-hydrogen) atoms. The molecule has 1 aromatic rings. The average Bonchev–Trinajstić information content (AvgIpc) is 2.16. The van der Waals surface area contributed by atoms with Crippen molar-refractivity contribution in [3.8, 4) is 5.75 Å². The molecule has 0 saturated heterocycles. The zero-order valence-electron chi connectivity index (χ0n) is 7.63. The number of phenols is 1. The predicted molar refractivity (Wildman–Crippen MR) is 60.0 cm³/mol. The van der Waals surface area contributed by atoms with Gasteiger partial charge in [-0.3, -0.25) is 4.79 Å². The highest BCUT2D eigenvalue weighted by Crippen LogP contribution is 2.29. The van der Waals surface area contributed by atoms with E-state index in [0.29, 0.717) is 5.33 Å². The molecule has 0 bridgehead atoms. The molecular weight excluding hydrogens is 267 g/mol. The Balaban J connectivity index is 3.13. The minimum absolute atomic E-state index is 0.0976. The topological polar surface area (TPSA) is 37.3 Å². The number of benzene rings is 1. The number of ketones is 1. The van der Waals surface area contributed by atoms with E-state index < -0.39 is 5.38 Å². The van der Waals surface area contributed by atoms with Crippen LogP contribution < -0.4 is 0 Å². The van der Waals surface area contributed by atoms with Crippen molar-refractivity contribution in [2.75, 3.05) is 0 Å². The average molecular weight is 278 g/mol. The first-order valence-corrected chi connectivity index (χ1v) is 5.64. The van der Waals surface area contributed by atoms with Gasteiger partial charge in [0.15, 0.2) is 5.78 Å². The Kier molecular flexibility index (Phi) is 3.96. The van der Waals surface area contributed by atoms with Crippen molar-refractivity contribution in [1.29, 1.82) is 0 Å². The maximum atomic E-state index is 11.1. The number of hydrogen-bond acceptors (Lipinski definition) is 2. The van der Waals surface area contributed by atoms with Gasteiger partial charge >= 0.3 is 0 Å². The van der Waals surface area contributed by atoms with E-state index in [1.165, 1.54) is 13.0 Å². The first kappa shape index (κ1) is 11.5. The van der Waals surface area contributed by atoms with Gasteiger partial charge in [-0.25, -0.2) is 0 Å². The molecule has 0 heterocycles. The van der Waals surface area contributed by atoms with Gasteiger partial charge in [0, 0.05) is 5.33 Å². The molecule has 0 radical (unpaired) electrons. The van der Waals surface area contributed by atoms with E-state index in [4.69, 9.17) is 11.6 Å². The fourth-order valence-corrected chi connectivity index (χ4v) is 1.87. The Bertz CT molecular complexity index is 352. The van der Waals surface area contributed by atoms with E-state index in [-0.39, 0.29) is 11.5 Å². The van der Waals surface area contributed by atoms with Gasteiger partial charge < -0.3 is 5.11 Å². The lowest BCUT2D eigenvalue weighted by Gasteiger charge is -2.10. The van der Waals surface area contributed by atoms with Crippen LogP contribution in [0.1, 0.15) is 23.4 Å². The summed E-state index contributed by atoms with van der Waals surface area (Å²) in [5.74, 6) is 0.0789. The molecule has 2 nitrogen and oxygen atoms in total. The summed E-state index contributed by atoms with van der Waals surface area (Å²) >= 11 is 9.20. The molecule has 0 aromatic heterocycles. The quantitative estimate of drug-likeness (QED) is 0.862. The lowest BCUT2D eigenvalue weighted by atomic mass is 10.0. The molecule has 1 aromatic carbocycles. The summed E-state index contributed by atoms with van der Waals surface area (Å²) in [5, 5.41) is 9.17. The highest BCUT2D eigenvalue weighted by molar-refractivity contribution is 9.08. The van der Waals surface area contributed by atoms with E-state index >= 15 is 0 Å². The van der Waals surface area contributed by atoms with Crippen molar-refractivity contribution in [2.45, 2.75) is 17.6 Å². The van der Waals surface area contributed by atoms with Gasteiger partial charge in [-0.1, -0.05) is 22.0 Å². The van der Waals surface area contributed by atoms with Crippen LogP contribution in [0, 0.1) is 0 Å². The van der Waals surface area contributed by atoms with E-state index in [9.17, 15) is 9.90 Å². The van der Waals surface area contributed by atoms with Gasteiger partial charge in [0.1, 0.15) is 11.1 Å². The molecule has 0 aliphatic carbocycles. The van der Waals surface area contributed by atoms with Crippen molar-refractivity contribution in [3.63, 3.8) is 0 Å². The zero-order chi connectivity index (χ0) is 10.7. The first-order valence-electron chi connectivity index (χ1n) is 4.08. The maximum Gasteiger partial charge on any atom is 0.152 e. The van der Waals surface area contributed by atoms with E-state index in [1.807, 2.05) is 0 Å². The third-order valence-corrected chi connectivity index (χ3v) is 3.05. The molecule has 1 N–H and O–H groups in total. The molecule has 0 spiro atoms. The fraction of sp³-hybridized carbons (Fsp3) is 0.300. The largest absolute Gasteiger partial charge is 0.508 e. The van der Waals surface area contributed by atoms with E-state index in [1.54, 1.807) is 12.1 Å². The number of halogens is 2. The zero-order valence-corrected chi connectivity index (χ0v) is 9.97. The summed E-state index contributed by atoms with van der Waals surface area (Å²) in [7, 11) is 0. The van der Waals surface area contributed by atoms with E-state index in [2.05, 4.69) is 15.9 Å². The van der Waals surface area contributed by atoms with Gasteiger partial charge in [-0.15, -0.1) is 11.6 Å². The van der Waals surface area contributed by atoms with Crippen LogP contribution >= 0.6 is 27.5 Å². The number of rotatable bonds is 3. The molecule has 0 fully saturated rings. The van der Waals surface area contributed by atoms with Crippen LogP contribution in [0.3, 0.4) is 0 Å². The molecule has 0 aliphatic rings. The fourth-order valence-electron chi connectivity index (χ4n) is 1.17. The third kappa shape index (κ3) is 2.49. The Morgan fingerprint density at radius 1 is 1.64 bits per heavy atom. The molecule has 76 valence electrons. The summed E-state index contributed by atoms with van der Waals surface area (Å²) in [4.78, 5) is 11.1. The van der Waals surface area contributed by atoms with Crippen molar-refractivity contribution >= 4 is 33.3 Å². The van der Waals surface area contributed by atoms with Crippen molar-refractivity contribution < 1.29 is 9.90 Å². The number of carbonyl (C=O) groups excluding carboxylic acids is 1. The molecule has 1 atom stereocenters. The van der Waals surface area contributed by atoms with Crippen molar-refractivity contribution in [2.24, 2.45) is 0 Å². The second kappa shape index (κ2) is 4.80. The minimum Gasteiger partial charge on any atom is -0.508 e. The number of carbonyl (C=O) groups is 1. The molecule has 4 heteroatoms. The van der Waals surface area contributed by atoms with Crippen LogP contribution in [0.15, 0.2) is 18.2 Å². The Labute approximate surface area is 96.0 Å². The molecule has 1 rings (SSSR count). The molecule has 0 saturated carbocycles. The highest BCUT2D eigenvalue weighted by Gasteiger charge is 2.16. The normalized spacial score (nSPS) is 12.5. The van der Waals surface area contributed by atoms with Crippen LogP contribution in [0.4, 0.5) is 0 Å². The predicted octanol–water partition coefficient (Wildman–Crippen LogP) is 3.16. The molecule has 1 unspecified atom stereocenters. The van der Waals surface area contributed by atoms with Gasteiger partial charge in [0.2, 0.25) is 0 Å². The third-order valence-electron chi connectivity index (χ3n) is 1.90. The monoisotopic (exact) mass is 276 g/mol. The SMILES string of the molecule is CC(=O)C(Cl)c1ccc(O)cc1CBr. The number of Topliss-reactive ketones (excluding diaryl/α,β-unsaturated/α-hetero) is 1. The molecule has 0 amide bonds. The van der Waals surface area contributed by atoms with Crippen molar-refractivity contribution in [3.05, 3.63) is 29.3 Å². The van der Waals surface area contributed by atoms with Gasteiger partial charge in [-0.05, 0) is 30.2 Å². The lowest BCUT2D eigenvalue weighted by molar-refractivity contribution is -0.116. The first-order chi connectivity index (χ1) is 6.56. The summed E-state index contributed by atoms with van der Waals surface area (Å²) in [6.45, 7) is 1.45. The number of phenolic OH excluding ortho intramolecular Hbond substituents is 1. The summed E-state index contributed by atoms with van der Waals surface area (Å²) in [6.07, 6.45) is 0. The van der Waals surface area contributed by atoms with Crippen LogP contribution in [0.2, 0.25) is 0 Å². The molecule has 0 aliphatic heterocycles. The number of hydrogen-bond donors (Lipinski definition) is 1. The second-order valence-corrected chi connectivity index (χ2v) is 3.99. The summed E-state index contributed by atoms with van der Waals surface area (Å²) in [5.41, 5.74) is 1.58. The lowest BCUT2D eigenvalue weighted by Crippen LogP contribution is -2.04. The standard InChI is InChI=1S/C10H10BrClO2/c1-6(13)10(12)9-3-2-8(14)4-7(9)5-11/h2-4,10,14H,5H2,1H3. The van der Waals surface area contributed by atoms with Gasteiger partial charge in [0.25, 0.3) is 0 Å². The number of alkyl halides is 2. The second-order valence-electron chi connectivity index (χ2n) is 2.99. The van der Waals surface area contributed by atoms with Gasteiger partial charge in [0.05, 0.1) is 0 Å².